The lowest BCUT2D eigenvalue weighted by molar-refractivity contribution is 0.952. The van der Waals surface area contributed by atoms with Gasteiger partial charge in [-0.2, -0.15) is 5.10 Å². The molecule has 2 aromatic heterocycles. The van der Waals surface area contributed by atoms with Crippen molar-refractivity contribution in [3.8, 4) is 0 Å². The summed E-state index contributed by atoms with van der Waals surface area (Å²) in [5.74, 6) is 0. The van der Waals surface area contributed by atoms with Crippen molar-refractivity contribution in [3.05, 3.63) is 28.1 Å². The van der Waals surface area contributed by atoms with Gasteiger partial charge in [0, 0.05) is 11.6 Å². The van der Waals surface area contributed by atoms with E-state index < -0.39 is 0 Å². The van der Waals surface area contributed by atoms with Crippen molar-refractivity contribution in [1.82, 2.24) is 14.6 Å². The summed E-state index contributed by atoms with van der Waals surface area (Å²) < 4.78 is 1.54. The zero-order valence-electron chi connectivity index (χ0n) is 8.25. The number of fused-ring (bicyclic) bond motifs is 1. The SMILES string of the molecule is CC.Cc1c(Cl)cc2ncnn2c1Cl. The van der Waals surface area contributed by atoms with Crippen LogP contribution in [0.2, 0.25) is 10.2 Å². The van der Waals surface area contributed by atoms with Crippen LogP contribution in [0.25, 0.3) is 5.65 Å². The summed E-state index contributed by atoms with van der Waals surface area (Å²) in [4.78, 5) is 3.96. The zero-order chi connectivity index (χ0) is 10.7. The first-order valence-corrected chi connectivity index (χ1v) is 5.10. The Balaban J connectivity index is 0.000000461. The molecule has 14 heavy (non-hydrogen) atoms. The summed E-state index contributed by atoms with van der Waals surface area (Å²) in [5, 5.41) is 5.06. The van der Waals surface area contributed by atoms with Crippen molar-refractivity contribution in [2.75, 3.05) is 0 Å². The summed E-state index contributed by atoms with van der Waals surface area (Å²) in [7, 11) is 0. The molecular formula is C9H11Cl2N3. The average molecular weight is 232 g/mol. The normalized spacial score (nSPS) is 9.79. The van der Waals surface area contributed by atoms with E-state index >= 15 is 0 Å². The third kappa shape index (κ3) is 1.83. The Bertz CT molecular complexity index is 437. The second-order valence-corrected chi connectivity index (χ2v) is 3.20. The van der Waals surface area contributed by atoms with Gasteiger partial charge in [0.05, 0.1) is 5.02 Å². The van der Waals surface area contributed by atoms with Crippen molar-refractivity contribution in [1.29, 1.82) is 0 Å². The fraction of sp³-hybridized carbons (Fsp3) is 0.333. The minimum absolute atomic E-state index is 0.509. The van der Waals surface area contributed by atoms with Crippen LogP contribution >= 0.6 is 23.2 Å². The fourth-order valence-electron chi connectivity index (χ4n) is 0.979. The molecule has 0 unspecified atom stereocenters. The molecule has 0 saturated heterocycles. The largest absolute Gasteiger partial charge is 0.215 e. The van der Waals surface area contributed by atoms with Crippen LogP contribution in [0.3, 0.4) is 0 Å². The molecule has 0 fully saturated rings. The lowest BCUT2D eigenvalue weighted by atomic mass is 10.3. The van der Waals surface area contributed by atoms with Crippen LogP contribution in [0.5, 0.6) is 0 Å². The summed E-state index contributed by atoms with van der Waals surface area (Å²) in [6.07, 6.45) is 1.44. The van der Waals surface area contributed by atoms with Crippen LogP contribution in [0.15, 0.2) is 12.4 Å². The molecule has 0 aliphatic carbocycles. The first kappa shape index (κ1) is 11.3. The molecule has 0 aliphatic rings. The smallest absolute Gasteiger partial charge is 0.158 e. The molecule has 0 atom stereocenters. The van der Waals surface area contributed by atoms with Crippen LogP contribution in [0.1, 0.15) is 19.4 Å². The van der Waals surface area contributed by atoms with Crippen molar-refractivity contribution >= 4 is 28.8 Å². The highest BCUT2D eigenvalue weighted by Crippen LogP contribution is 2.24. The van der Waals surface area contributed by atoms with Crippen molar-refractivity contribution in [2.24, 2.45) is 0 Å². The van der Waals surface area contributed by atoms with Gasteiger partial charge in [-0.05, 0) is 6.92 Å². The monoisotopic (exact) mass is 231 g/mol. The number of aromatic nitrogens is 3. The van der Waals surface area contributed by atoms with Crippen LogP contribution in [-0.2, 0) is 0 Å². The summed E-state index contributed by atoms with van der Waals surface area (Å²) in [6.45, 7) is 5.84. The predicted octanol–water partition coefficient (Wildman–Crippen LogP) is 3.37. The minimum Gasteiger partial charge on any atom is -0.215 e. The second kappa shape index (κ2) is 4.62. The maximum Gasteiger partial charge on any atom is 0.158 e. The van der Waals surface area contributed by atoms with Gasteiger partial charge in [0.15, 0.2) is 5.65 Å². The lowest BCUT2D eigenvalue weighted by Crippen LogP contribution is -1.92. The number of hydrogen-bond acceptors (Lipinski definition) is 2. The van der Waals surface area contributed by atoms with Gasteiger partial charge in [-0.1, -0.05) is 37.0 Å². The Hall–Kier alpha value is -0.800. The standard InChI is InChI=1S/C7H5Cl2N3.C2H6/c1-4-5(8)2-6-10-3-11-12(6)7(4)9;1-2/h2-3H,1H3;1-2H3. The Labute approximate surface area is 92.7 Å². The Kier molecular flexibility index (Phi) is 3.72. The Morgan fingerprint density at radius 2 is 1.93 bits per heavy atom. The molecule has 0 aliphatic heterocycles. The van der Waals surface area contributed by atoms with E-state index in [9.17, 15) is 0 Å². The van der Waals surface area contributed by atoms with Gasteiger partial charge in [0.1, 0.15) is 11.5 Å². The van der Waals surface area contributed by atoms with Crippen LogP contribution in [-0.4, -0.2) is 14.6 Å². The maximum absolute atomic E-state index is 5.95. The van der Waals surface area contributed by atoms with Crippen LogP contribution < -0.4 is 0 Å². The van der Waals surface area contributed by atoms with Crippen LogP contribution in [0.4, 0.5) is 0 Å². The molecule has 3 nitrogen and oxygen atoms in total. The van der Waals surface area contributed by atoms with Gasteiger partial charge in [-0.15, -0.1) is 0 Å². The number of halogens is 2. The van der Waals surface area contributed by atoms with Gasteiger partial charge in [0.2, 0.25) is 0 Å². The molecule has 0 N–H and O–H groups in total. The lowest BCUT2D eigenvalue weighted by Gasteiger charge is -2.01. The summed E-state index contributed by atoms with van der Waals surface area (Å²) in [6, 6.07) is 1.73. The predicted molar refractivity (Wildman–Crippen MR) is 59.1 cm³/mol. The van der Waals surface area contributed by atoms with Crippen molar-refractivity contribution < 1.29 is 0 Å². The molecule has 5 heteroatoms. The third-order valence-electron chi connectivity index (χ3n) is 1.68. The van der Waals surface area contributed by atoms with E-state index in [4.69, 9.17) is 23.2 Å². The molecular weight excluding hydrogens is 221 g/mol. The number of rotatable bonds is 0. The van der Waals surface area contributed by atoms with E-state index in [1.807, 2.05) is 20.8 Å². The molecule has 2 heterocycles. The number of pyridine rings is 1. The number of hydrogen-bond donors (Lipinski definition) is 0. The van der Waals surface area contributed by atoms with E-state index in [0.29, 0.717) is 15.8 Å². The summed E-state index contributed by atoms with van der Waals surface area (Å²) >= 11 is 11.8. The second-order valence-electron chi connectivity index (χ2n) is 2.44. The van der Waals surface area contributed by atoms with Gasteiger partial charge >= 0.3 is 0 Å². The molecule has 0 bridgehead atoms. The topological polar surface area (TPSA) is 30.2 Å². The van der Waals surface area contributed by atoms with Gasteiger partial charge in [-0.25, -0.2) is 9.50 Å². The van der Waals surface area contributed by atoms with E-state index in [-0.39, 0.29) is 0 Å². The van der Waals surface area contributed by atoms with E-state index in [1.165, 1.54) is 6.33 Å². The van der Waals surface area contributed by atoms with E-state index in [2.05, 4.69) is 10.1 Å². The fourth-order valence-corrected chi connectivity index (χ4v) is 1.45. The van der Waals surface area contributed by atoms with Gasteiger partial charge in [-0.3, -0.25) is 0 Å². The number of nitrogens with zero attached hydrogens (tertiary/aromatic N) is 3. The van der Waals surface area contributed by atoms with Crippen LogP contribution in [0, 0.1) is 6.92 Å². The van der Waals surface area contributed by atoms with Crippen molar-refractivity contribution in [2.45, 2.75) is 20.8 Å². The average Bonchev–Trinajstić information content (AvgIpc) is 2.65. The van der Waals surface area contributed by atoms with Gasteiger partial charge < -0.3 is 0 Å². The zero-order valence-corrected chi connectivity index (χ0v) is 9.76. The molecule has 2 rings (SSSR count). The molecule has 76 valence electrons. The first-order valence-electron chi connectivity index (χ1n) is 4.34. The highest BCUT2D eigenvalue weighted by atomic mass is 35.5. The maximum atomic E-state index is 5.95. The highest BCUT2D eigenvalue weighted by Gasteiger charge is 2.07. The molecule has 2 aromatic rings. The van der Waals surface area contributed by atoms with Gasteiger partial charge in [0.25, 0.3) is 0 Å². The molecule has 0 saturated carbocycles. The third-order valence-corrected chi connectivity index (χ3v) is 2.52. The quantitative estimate of drug-likeness (QED) is 0.652. The van der Waals surface area contributed by atoms with E-state index in [1.54, 1.807) is 10.6 Å². The molecule has 0 spiro atoms. The molecule has 0 radical (unpaired) electrons. The first-order chi connectivity index (χ1) is 6.70. The Morgan fingerprint density at radius 3 is 2.57 bits per heavy atom. The molecule has 0 amide bonds. The highest BCUT2D eigenvalue weighted by molar-refractivity contribution is 6.35. The van der Waals surface area contributed by atoms with E-state index in [0.717, 1.165) is 5.56 Å². The molecule has 0 aromatic carbocycles. The minimum atomic E-state index is 0.509. The summed E-state index contributed by atoms with van der Waals surface area (Å²) in [5.41, 5.74) is 1.48. The Morgan fingerprint density at radius 1 is 1.29 bits per heavy atom. The van der Waals surface area contributed by atoms with Crippen molar-refractivity contribution in [3.63, 3.8) is 0 Å².